The van der Waals surface area contributed by atoms with Crippen molar-refractivity contribution in [1.29, 1.82) is 0 Å². The highest BCUT2D eigenvalue weighted by Gasteiger charge is 2.23. The summed E-state index contributed by atoms with van der Waals surface area (Å²) in [5.41, 5.74) is 2.50. The molecule has 1 N–H and O–H groups in total. The second-order valence-corrected chi connectivity index (χ2v) is 6.94. The molecule has 1 amide bonds. The van der Waals surface area contributed by atoms with Gasteiger partial charge in [0.05, 0.1) is 13.2 Å². The summed E-state index contributed by atoms with van der Waals surface area (Å²) >= 11 is 0. The van der Waals surface area contributed by atoms with E-state index in [1.807, 2.05) is 12.1 Å². The molecular weight excluding hydrogens is 340 g/mol. The van der Waals surface area contributed by atoms with E-state index in [0.29, 0.717) is 12.3 Å². The average Bonchev–Trinajstić information content (AvgIpc) is 3.23. The molecule has 1 aliphatic rings. The van der Waals surface area contributed by atoms with Crippen LogP contribution in [-0.2, 0) is 4.79 Å². The number of likely N-dealkylation sites (tertiary alicyclic amines) is 1. The Hall–Kier alpha value is -2.53. The van der Waals surface area contributed by atoms with E-state index in [-0.39, 0.29) is 18.6 Å². The second-order valence-electron chi connectivity index (χ2n) is 6.94. The Morgan fingerprint density at radius 1 is 1.04 bits per heavy atom. The molecule has 0 radical (unpaired) electrons. The third-order valence-electron chi connectivity index (χ3n) is 4.97. The Morgan fingerprint density at radius 2 is 1.67 bits per heavy atom. The number of benzene rings is 2. The van der Waals surface area contributed by atoms with Gasteiger partial charge in [-0.1, -0.05) is 29.8 Å². The van der Waals surface area contributed by atoms with Gasteiger partial charge in [0.25, 0.3) is 5.91 Å². The maximum Gasteiger partial charge on any atom is 0.258 e. The lowest BCUT2D eigenvalue weighted by Gasteiger charge is -2.28. The van der Waals surface area contributed by atoms with Gasteiger partial charge in [0.15, 0.2) is 6.61 Å². The molecule has 0 spiro atoms. The fraction of sp³-hybridized carbons (Fsp3) is 0.409. The number of hydrogen-bond donors (Lipinski definition) is 1. The first kappa shape index (κ1) is 19.2. The highest BCUT2D eigenvalue weighted by Crippen LogP contribution is 2.25. The van der Waals surface area contributed by atoms with Crippen LogP contribution in [0.1, 0.15) is 30.0 Å². The zero-order valence-corrected chi connectivity index (χ0v) is 16.1. The van der Waals surface area contributed by atoms with Gasteiger partial charge in [-0.3, -0.25) is 9.69 Å². The van der Waals surface area contributed by atoms with E-state index in [2.05, 4.69) is 41.4 Å². The molecule has 0 unspecified atom stereocenters. The summed E-state index contributed by atoms with van der Waals surface area (Å²) in [6.45, 7) is 4.85. The SMILES string of the molecule is COc1ccc(OCC(=O)NC[C@H](c2ccc(C)cc2)N2CCCC2)cc1. The maximum atomic E-state index is 12.3. The number of amides is 1. The second kappa shape index (κ2) is 9.42. The van der Waals surface area contributed by atoms with E-state index in [1.165, 1.54) is 24.0 Å². The van der Waals surface area contributed by atoms with Crippen LogP contribution in [0, 0.1) is 6.92 Å². The molecule has 1 heterocycles. The van der Waals surface area contributed by atoms with Crippen LogP contribution in [0.15, 0.2) is 48.5 Å². The minimum absolute atomic E-state index is 0.00689. The fourth-order valence-corrected chi connectivity index (χ4v) is 3.38. The van der Waals surface area contributed by atoms with Crippen molar-refractivity contribution < 1.29 is 14.3 Å². The highest BCUT2D eigenvalue weighted by atomic mass is 16.5. The first-order valence-electron chi connectivity index (χ1n) is 9.50. The van der Waals surface area contributed by atoms with Gasteiger partial charge in [0, 0.05) is 6.54 Å². The van der Waals surface area contributed by atoms with Gasteiger partial charge in [0.1, 0.15) is 11.5 Å². The molecule has 1 fully saturated rings. The maximum absolute atomic E-state index is 12.3. The van der Waals surface area contributed by atoms with Gasteiger partial charge in [0.2, 0.25) is 0 Å². The zero-order chi connectivity index (χ0) is 19.1. The van der Waals surface area contributed by atoms with E-state index in [4.69, 9.17) is 9.47 Å². The first-order valence-corrected chi connectivity index (χ1v) is 9.50. The smallest absolute Gasteiger partial charge is 0.258 e. The Labute approximate surface area is 161 Å². The van der Waals surface area contributed by atoms with Crippen LogP contribution in [0.25, 0.3) is 0 Å². The van der Waals surface area contributed by atoms with E-state index in [0.717, 1.165) is 18.8 Å². The number of nitrogens with one attached hydrogen (secondary N) is 1. The summed E-state index contributed by atoms with van der Waals surface area (Å²) < 4.78 is 10.7. The normalized spacial score (nSPS) is 15.3. The van der Waals surface area contributed by atoms with Crippen LogP contribution in [0.3, 0.4) is 0 Å². The number of nitrogens with zero attached hydrogens (tertiary/aromatic N) is 1. The lowest BCUT2D eigenvalue weighted by molar-refractivity contribution is -0.123. The van der Waals surface area contributed by atoms with Crippen molar-refractivity contribution >= 4 is 5.91 Å². The molecule has 2 aromatic rings. The lowest BCUT2D eigenvalue weighted by Crippen LogP contribution is -2.38. The molecule has 2 aromatic carbocycles. The summed E-state index contributed by atoms with van der Waals surface area (Å²) in [4.78, 5) is 14.7. The molecule has 5 heteroatoms. The average molecular weight is 368 g/mol. The van der Waals surface area contributed by atoms with Crippen molar-refractivity contribution in [3.8, 4) is 11.5 Å². The predicted molar refractivity (Wildman–Crippen MR) is 106 cm³/mol. The van der Waals surface area contributed by atoms with Crippen LogP contribution in [-0.4, -0.2) is 44.2 Å². The first-order chi connectivity index (χ1) is 13.2. The van der Waals surface area contributed by atoms with Crippen molar-refractivity contribution in [2.75, 3.05) is 33.4 Å². The van der Waals surface area contributed by atoms with Crippen LogP contribution < -0.4 is 14.8 Å². The van der Waals surface area contributed by atoms with E-state index >= 15 is 0 Å². The van der Waals surface area contributed by atoms with Gasteiger partial charge in [-0.15, -0.1) is 0 Å². The number of methoxy groups -OCH3 is 1. The number of aryl methyl sites for hydroxylation is 1. The molecular formula is C22H28N2O3. The van der Waals surface area contributed by atoms with E-state index < -0.39 is 0 Å². The summed E-state index contributed by atoms with van der Waals surface area (Å²) in [6, 6.07) is 16.0. The Bertz CT molecular complexity index is 722. The molecule has 3 rings (SSSR count). The zero-order valence-electron chi connectivity index (χ0n) is 16.1. The molecule has 27 heavy (non-hydrogen) atoms. The standard InChI is InChI=1S/C22H28N2O3/c1-17-5-7-18(8-6-17)21(24-13-3-4-14-24)15-23-22(25)16-27-20-11-9-19(26-2)10-12-20/h5-12,21H,3-4,13-16H2,1-2H3,(H,23,25)/t21-/m1/s1. The van der Waals surface area contributed by atoms with Crippen LogP contribution in [0.5, 0.6) is 11.5 Å². The minimum Gasteiger partial charge on any atom is -0.497 e. The van der Waals surface area contributed by atoms with Gasteiger partial charge in [-0.05, 0) is 62.7 Å². The largest absolute Gasteiger partial charge is 0.497 e. The summed E-state index contributed by atoms with van der Waals surface area (Å²) in [5, 5.41) is 3.04. The molecule has 0 saturated carbocycles. The topological polar surface area (TPSA) is 50.8 Å². The summed E-state index contributed by atoms with van der Waals surface area (Å²) in [7, 11) is 1.62. The van der Waals surface area contributed by atoms with E-state index in [9.17, 15) is 4.79 Å². The third-order valence-corrected chi connectivity index (χ3v) is 4.97. The molecule has 0 aromatic heterocycles. The molecule has 1 aliphatic heterocycles. The van der Waals surface area contributed by atoms with Crippen molar-refractivity contribution in [2.45, 2.75) is 25.8 Å². The van der Waals surface area contributed by atoms with Gasteiger partial charge in [-0.25, -0.2) is 0 Å². The van der Waals surface area contributed by atoms with Crippen molar-refractivity contribution in [3.63, 3.8) is 0 Å². The van der Waals surface area contributed by atoms with E-state index in [1.54, 1.807) is 19.2 Å². The number of ether oxygens (including phenoxy) is 2. The van der Waals surface area contributed by atoms with Crippen LogP contribution in [0.2, 0.25) is 0 Å². The minimum atomic E-state index is -0.109. The number of carbonyl (C=O) groups excluding carboxylic acids is 1. The summed E-state index contributed by atoms with van der Waals surface area (Å²) in [6.07, 6.45) is 2.44. The molecule has 0 bridgehead atoms. The van der Waals surface area contributed by atoms with Gasteiger partial charge < -0.3 is 14.8 Å². The number of carbonyl (C=O) groups is 1. The van der Waals surface area contributed by atoms with Crippen molar-refractivity contribution in [1.82, 2.24) is 10.2 Å². The Morgan fingerprint density at radius 3 is 2.30 bits per heavy atom. The predicted octanol–water partition coefficient (Wildman–Crippen LogP) is 3.34. The van der Waals surface area contributed by atoms with Crippen LogP contribution >= 0.6 is 0 Å². The molecule has 5 nitrogen and oxygen atoms in total. The number of hydrogen-bond acceptors (Lipinski definition) is 4. The van der Waals surface area contributed by atoms with Gasteiger partial charge >= 0.3 is 0 Å². The Kier molecular flexibility index (Phi) is 6.71. The van der Waals surface area contributed by atoms with Gasteiger partial charge in [-0.2, -0.15) is 0 Å². The fourth-order valence-electron chi connectivity index (χ4n) is 3.38. The molecule has 1 saturated heterocycles. The van der Waals surface area contributed by atoms with Crippen molar-refractivity contribution in [3.05, 3.63) is 59.7 Å². The monoisotopic (exact) mass is 368 g/mol. The Balaban J connectivity index is 1.54. The third kappa shape index (κ3) is 5.47. The van der Waals surface area contributed by atoms with Crippen molar-refractivity contribution in [2.24, 2.45) is 0 Å². The lowest BCUT2D eigenvalue weighted by atomic mass is 10.0. The number of rotatable bonds is 8. The van der Waals surface area contributed by atoms with Crippen LogP contribution in [0.4, 0.5) is 0 Å². The summed E-state index contributed by atoms with van der Waals surface area (Å²) in [5.74, 6) is 1.31. The highest BCUT2D eigenvalue weighted by molar-refractivity contribution is 5.77. The molecule has 0 aliphatic carbocycles. The molecule has 1 atom stereocenters. The quantitative estimate of drug-likeness (QED) is 0.776. The molecule has 144 valence electrons.